The number of rotatable bonds is 6. The summed E-state index contributed by atoms with van der Waals surface area (Å²) in [4.78, 5) is 14.7. The van der Waals surface area contributed by atoms with Crippen LogP contribution in [0.3, 0.4) is 0 Å². The van der Waals surface area contributed by atoms with E-state index in [9.17, 15) is 4.79 Å². The monoisotopic (exact) mass is 280 g/mol. The van der Waals surface area contributed by atoms with Gasteiger partial charge in [0.1, 0.15) is 0 Å². The van der Waals surface area contributed by atoms with Crippen LogP contribution in [-0.4, -0.2) is 49.2 Å². The number of carbonyl (C=O) groups is 1. The second-order valence-electron chi connectivity index (χ2n) is 6.64. The lowest BCUT2D eigenvalue weighted by molar-refractivity contribution is -0.133. The fourth-order valence-electron chi connectivity index (χ4n) is 3.48. The molecule has 0 aromatic carbocycles. The van der Waals surface area contributed by atoms with Gasteiger partial charge in [-0.2, -0.15) is 0 Å². The van der Waals surface area contributed by atoms with Gasteiger partial charge < -0.3 is 15.0 Å². The average Bonchev–Trinajstić information content (AvgIpc) is 3.19. The second-order valence-corrected chi connectivity index (χ2v) is 6.64. The molecule has 3 fully saturated rings. The molecule has 2 heterocycles. The van der Waals surface area contributed by atoms with Crippen molar-refractivity contribution in [1.82, 2.24) is 10.2 Å². The highest BCUT2D eigenvalue weighted by molar-refractivity contribution is 5.76. The van der Waals surface area contributed by atoms with Gasteiger partial charge in [0.2, 0.25) is 5.91 Å². The molecule has 1 N–H and O–H groups in total. The van der Waals surface area contributed by atoms with E-state index in [-0.39, 0.29) is 0 Å². The van der Waals surface area contributed by atoms with Crippen LogP contribution in [0.4, 0.5) is 0 Å². The van der Waals surface area contributed by atoms with Crippen LogP contribution in [0.15, 0.2) is 0 Å². The highest BCUT2D eigenvalue weighted by atomic mass is 16.5. The predicted molar refractivity (Wildman–Crippen MR) is 78.5 cm³/mol. The molecule has 1 saturated carbocycles. The lowest BCUT2D eigenvalue weighted by atomic mass is 9.97. The number of hydrogen-bond acceptors (Lipinski definition) is 3. The van der Waals surface area contributed by atoms with E-state index in [1.54, 1.807) is 0 Å². The topological polar surface area (TPSA) is 41.6 Å². The summed E-state index contributed by atoms with van der Waals surface area (Å²) in [5.74, 6) is 1.09. The van der Waals surface area contributed by atoms with Crippen LogP contribution in [0.25, 0.3) is 0 Å². The molecule has 1 aliphatic carbocycles. The maximum atomic E-state index is 12.5. The van der Waals surface area contributed by atoms with E-state index in [4.69, 9.17) is 4.74 Å². The largest absolute Gasteiger partial charge is 0.378 e. The lowest BCUT2D eigenvalue weighted by Crippen LogP contribution is -2.40. The van der Waals surface area contributed by atoms with Crippen LogP contribution in [0.5, 0.6) is 0 Å². The molecule has 114 valence electrons. The summed E-state index contributed by atoms with van der Waals surface area (Å²) in [5, 5.41) is 3.40. The first-order chi connectivity index (χ1) is 9.83. The SMILES string of the molecule is O=C(CCC1CCCO1)N(CC1CCNCC1)C1CC1. The maximum Gasteiger partial charge on any atom is 0.222 e. The van der Waals surface area contributed by atoms with Gasteiger partial charge in [-0.1, -0.05) is 0 Å². The Morgan fingerprint density at radius 2 is 1.95 bits per heavy atom. The molecular weight excluding hydrogens is 252 g/mol. The van der Waals surface area contributed by atoms with Crippen molar-refractivity contribution in [3.05, 3.63) is 0 Å². The Morgan fingerprint density at radius 1 is 1.15 bits per heavy atom. The van der Waals surface area contributed by atoms with Gasteiger partial charge in [-0.3, -0.25) is 4.79 Å². The number of nitrogens with one attached hydrogen (secondary N) is 1. The minimum absolute atomic E-state index is 0.346. The summed E-state index contributed by atoms with van der Waals surface area (Å²) in [6.07, 6.45) is 9.16. The van der Waals surface area contributed by atoms with E-state index in [0.717, 1.165) is 39.1 Å². The maximum absolute atomic E-state index is 12.5. The van der Waals surface area contributed by atoms with Crippen molar-refractivity contribution in [2.75, 3.05) is 26.2 Å². The Kier molecular flexibility index (Phi) is 4.94. The van der Waals surface area contributed by atoms with Gasteiger partial charge >= 0.3 is 0 Å². The molecule has 4 nitrogen and oxygen atoms in total. The van der Waals surface area contributed by atoms with Crippen molar-refractivity contribution in [2.45, 2.75) is 63.5 Å². The molecule has 0 radical (unpaired) electrons. The Labute approximate surface area is 122 Å². The van der Waals surface area contributed by atoms with Crippen LogP contribution < -0.4 is 5.32 Å². The van der Waals surface area contributed by atoms with Crippen LogP contribution >= 0.6 is 0 Å². The van der Waals surface area contributed by atoms with Gasteiger partial charge in [-0.05, 0) is 64.0 Å². The lowest BCUT2D eigenvalue weighted by Gasteiger charge is -2.30. The molecule has 0 bridgehead atoms. The minimum Gasteiger partial charge on any atom is -0.378 e. The summed E-state index contributed by atoms with van der Waals surface area (Å²) < 4.78 is 5.63. The fourth-order valence-corrected chi connectivity index (χ4v) is 3.48. The van der Waals surface area contributed by atoms with E-state index in [1.807, 2.05) is 0 Å². The number of carbonyl (C=O) groups excluding carboxylic acids is 1. The Morgan fingerprint density at radius 3 is 2.60 bits per heavy atom. The molecule has 20 heavy (non-hydrogen) atoms. The van der Waals surface area contributed by atoms with E-state index in [1.165, 1.54) is 32.1 Å². The predicted octanol–water partition coefficient (Wildman–Crippen LogP) is 1.94. The molecule has 4 heteroatoms. The van der Waals surface area contributed by atoms with Gasteiger partial charge in [-0.25, -0.2) is 0 Å². The van der Waals surface area contributed by atoms with Gasteiger partial charge in [0.05, 0.1) is 6.10 Å². The second kappa shape index (κ2) is 6.90. The quantitative estimate of drug-likeness (QED) is 0.808. The molecule has 3 aliphatic rings. The van der Waals surface area contributed by atoms with Crippen LogP contribution in [0.2, 0.25) is 0 Å². The smallest absolute Gasteiger partial charge is 0.222 e. The van der Waals surface area contributed by atoms with E-state index < -0.39 is 0 Å². The normalized spacial score (nSPS) is 27.7. The third-order valence-electron chi connectivity index (χ3n) is 4.93. The third-order valence-corrected chi connectivity index (χ3v) is 4.93. The highest BCUT2D eigenvalue weighted by Crippen LogP contribution is 2.30. The first kappa shape index (κ1) is 14.3. The van der Waals surface area contributed by atoms with Crippen LogP contribution in [-0.2, 0) is 9.53 Å². The van der Waals surface area contributed by atoms with E-state index in [0.29, 0.717) is 30.4 Å². The molecule has 1 amide bonds. The van der Waals surface area contributed by atoms with Crippen molar-refractivity contribution >= 4 is 5.91 Å². The summed E-state index contributed by atoms with van der Waals surface area (Å²) in [6, 6.07) is 0.557. The molecular formula is C16H28N2O2. The van der Waals surface area contributed by atoms with E-state index in [2.05, 4.69) is 10.2 Å². The number of hydrogen-bond donors (Lipinski definition) is 1. The molecule has 2 saturated heterocycles. The Hall–Kier alpha value is -0.610. The van der Waals surface area contributed by atoms with Crippen LogP contribution in [0.1, 0.15) is 51.4 Å². The first-order valence-electron chi connectivity index (χ1n) is 8.44. The van der Waals surface area contributed by atoms with Gasteiger partial charge in [-0.15, -0.1) is 0 Å². The molecule has 0 spiro atoms. The average molecular weight is 280 g/mol. The molecule has 0 aromatic rings. The highest BCUT2D eigenvalue weighted by Gasteiger charge is 2.34. The van der Waals surface area contributed by atoms with E-state index >= 15 is 0 Å². The number of ether oxygens (including phenoxy) is 1. The van der Waals surface area contributed by atoms with Crippen molar-refractivity contribution in [2.24, 2.45) is 5.92 Å². The standard InChI is InChI=1S/C16H28N2O2/c19-16(6-5-15-2-1-11-20-15)18(14-3-4-14)12-13-7-9-17-10-8-13/h13-15,17H,1-12H2. The number of amides is 1. The summed E-state index contributed by atoms with van der Waals surface area (Å²) in [6.45, 7) is 4.12. The summed E-state index contributed by atoms with van der Waals surface area (Å²) in [7, 11) is 0. The Balaban J connectivity index is 1.46. The third kappa shape index (κ3) is 3.95. The Bertz CT molecular complexity index is 318. The first-order valence-corrected chi connectivity index (χ1v) is 8.44. The van der Waals surface area contributed by atoms with Crippen molar-refractivity contribution in [1.29, 1.82) is 0 Å². The van der Waals surface area contributed by atoms with Gasteiger partial charge in [0, 0.05) is 25.6 Å². The van der Waals surface area contributed by atoms with Crippen molar-refractivity contribution in [3.63, 3.8) is 0 Å². The number of piperidine rings is 1. The zero-order chi connectivity index (χ0) is 13.8. The summed E-state index contributed by atoms with van der Waals surface area (Å²) in [5.41, 5.74) is 0. The zero-order valence-electron chi connectivity index (χ0n) is 12.5. The summed E-state index contributed by atoms with van der Waals surface area (Å²) >= 11 is 0. The fraction of sp³-hybridized carbons (Fsp3) is 0.938. The molecule has 3 rings (SSSR count). The van der Waals surface area contributed by atoms with Crippen molar-refractivity contribution in [3.8, 4) is 0 Å². The zero-order valence-corrected chi connectivity index (χ0v) is 12.5. The van der Waals surface area contributed by atoms with Crippen molar-refractivity contribution < 1.29 is 9.53 Å². The van der Waals surface area contributed by atoms with Gasteiger partial charge in [0.25, 0.3) is 0 Å². The molecule has 1 unspecified atom stereocenters. The minimum atomic E-state index is 0.346. The van der Waals surface area contributed by atoms with Crippen LogP contribution in [0, 0.1) is 5.92 Å². The molecule has 0 aromatic heterocycles. The van der Waals surface area contributed by atoms with Gasteiger partial charge in [0.15, 0.2) is 0 Å². The molecule has 1 atom stereocenters. The number of nitrogens with zero attached hydrogens (tertiary/aromatic N) is 1. The molecule has 2 aliphatic heterocycles.